The van der Waals surface area contributed by atoms with Crippen LogP contribution in [0.15, 0.2) is 36.4 Å². The summed E-state index contributed by atoms with van der Waals surface area (Å²) in [4.78, 5) is 23.6. The number of anilines is 2. The van der Waals surface area contributed by atoms with Crippen molar-refractivity contribution in [3.05, 3.63) is 63.2 Å². The number of hydrogen-bond donors (Lipinski definition) is 1. The molecule has 0 aromatic heterocycles. The number of amides is 1. The minimum absolute atomic E-state index is 0.115. The van der Waals surface area contributed by atoms with Crippen LogP contribution in [0.2, 0.25) is 0 Å². The fourth-order valence-corrected chi connectivity index (χ4v) is 4.52. The minimum atomic E-state index is -3.90. The van der Waals surface area contributed by atoms with Crippen molar-refractivity contribution in [2.24, 2.45) is 0 Å². The van der Waals surface area contributed by atoms with Crippen LogP contribution in [0.4, 0.5) is 17.1 Å². The molecule has 0 aliphatic rings. The third kappa shape index (κ3) is 5.32. The summed E-state index contributed by atoms with van der Waals surface area (Å²) in [5.74, 6) is -0.506. The van der Waals surface area contributed by atoms with Crippen molar-refractivity contribution in [2.45, 2.75) is 40.2 Å². The van der Waals surface area contributed by atoms with Gasteiger partial charge in [0, 0.05) is 17.8 Å². The van der Waals surface area contributed by atoms with E-state index in [2.05, 4.69) is 5.32 Å². The maximum absolute atomic E-state index is 13.0. The van der Waals surface area contributed by atoms with Crippen molar-refractivity contribution >= 4 is 33.0 Å². The van der Waals surface area contributed by atoms with Crippen LogP contribution < -0.4 is 9.62 Å². The number of carbonyl (C=O) groups excluding carboxylic acids is 1. The van der Waals surface area contributed by atoms with Gasteiger partial charge >= 0.3 is 0 Å². The molecular formula is C20H25N3O5S. The van der Waals surface area contributed by atoms with E-state index < -0.39 is 26.9 Å². The topological polar surface area (TPSA) is 110 Å². The second kappa shape index (κ2) is 8.60. The molecule has 0 heterocycles. The van der Waals surface area contributed by atoms with E-state index >= 15 is 0 Å². The fraction of sp³-hybridized carbons (Fsp3) is 0.350. The third-order valence-corrected chi connectivity index (χ3v) is 5.63. The summed E-state index contributed by atoms with van der Waals surface area (Å²) in [7, 11) is -3.90. The number of non-ortho nitro benzene ring substituents is 1. The molecule has 0 aliphatic heterocycles. The molecule has 0 saturated carbocycles. The normalized spacial score (nSPS) is 12.3. The van der Waals surface area contributed by atoms with Crippen LogP contribution >= 0.6 is 0 Å². The Hall–Kier alpha value is -2.94. The SMILES string of the molecule is CC[C@H](C(=O)Nc1cc(C)cc(C)c1)N(c1cc([N+](=O)[O-])ccc1C)S(C)(=O)=O. The second-order valence-electron chi connectivity index (χ2n) is 7.08. The summed E-state index contributed by atoms with van der Waals surface area (Å²) in [6.45, 7) is 7.13. The molecular weight excluding hydrogens is 394 g/mol. The molecule has 0 fully saturated rings. The molecule has 0 saturated heterocycles. The molecule has 0 aliphatic carbocycles. The number of nitrogens with zero attached hydrogens (tertiary/aromatic N) is 2. The third-order valence-electron chi connectivity index (χ3n) is 4.46. The summed E-state index contributed by atoms with van der Waals surface area (Å²) in [6, 6.07) is 8.44. The lowest BCUT2D eigenvalue weighted by Gasteiger charge is -2.31. The number of nitrogens with one attached hydrogen (secondary N) is 1. The minimum Gasteiger partial charge on any atom is -0.324 e. The molecule has 1 amide bonds. The Bertz CT molecular complexity index is 1030. The summed E-state index contributed by atoms with van der Waals surface area (Å²) >= 11 is 0. The van der Waals surface area contributed by atoms with Gasteiger partial charge in [-0.3, -0.25) is 19.2 Å². The Kier molecular flexibility index (Phi) is 6.63. The van der Waals surface area contributed by atoms with Gasteiger partial charge in [-0.1, -0.05) is 19.1 Å². The van der Waals surface area contributed by atoms with Crippen molar-refractivity contribution in [1.82, 2.24) is 0 Å². The quantitative estimate of drug-likeness (QED) is 0.543. The maximum Gasteiger partial charge on any atom is 0.271 e. The van der Waals surface area contributed by atoms with Gasteiger partial charge in [0.05, 0.1) is 16.9 Å². The van der Waals surface area contributed by atoms with Gasteiger partial charge in [0.1, 0.15) is 6.04 Å². The molecule has 1 N–H and O–H groups in total. The summed E-state index contributed by atoms with van der Waals surface area (Å²) < 4.78 is 26.2. The Morgan fingerprint density at radius 1 is 1.14 bits per heavy atom. The average molecular weight is 420 g/mol. The van der Waals surface area contributed by atoms with Crippen molar-refractivity contribution in [2.75, 3.05) is 15.9 Å². The Balaban J connectivity index is 2.51. The van der Waals surface area contributed by atoms with E-state index in [0.717, 1.165) is 21.7 Å². The van der Waals surface area contributed by atoms with Crippen molar-refractivity contribution in [3.8, 4) is 0 Å². The van der Waals surface area contributed by atoms with E-state index in [1.165, 1.54) is 18.2 Å². The molecule has 2 aromatic rings. The molecule has 2 aromatic carbocycles. The molecule has 1 atom stereocenters. The van der Waals surface area contributed by atoms with E-state index in [0.29, 0.717) is 11.3 Å². The van der Waals surface area contributed by atoms with Gasteiger partial charge < -0.3 is 5.32 Å². The van der Waals surface area contributed by atoms with Crippen molar-refractivity contribution < 1.29 is 18.1 Å². The van der Waals surface area contributed by atoms with Crippen LogP contribution in [0.1, 0.15) is 30.0 Å². The van der Waals surface area contributed by atoms with Gasteiger partial charge in [-0.2, -0.15) is 0 Å². The monoisotopic (exact) mass is 419 g/mol. The predicted octanol–water partition coefficient (Wildman–Crippen LogP) is 3.70. The fourth-order valence-electron chi connectivity index (χ4n) is 3.26. The first kappa shape index (κ1) is 22.4. The largest absolute Gasteiger partial charge is 0.324 e. The standard InChI is InChI=1S/C20H25N3O5S/c1-6-18(20(24)21-16-10-13(2)9-14(3)11-16)22(29(5,27)28)19-12-17(23(25)26)8-7-15(19)4/h7-12,18H,6H2,1-5H3,(H,21,24)/t18-/m1/s1. The van der Waals surface area contributed by atoms with Crippen LogP contribution in [0.5, 0.6) is 0 Å². The zero-order chi connectivity index (χ0) is 21.9. The van der Waals surface area contributed by atoms with Gasteiger partial charge in [0.15, 0.2) is 0 Å². The van der Waals surface area contributed by atoms with Gasteiger partial charge in [0.25, 0.3) is 5.69 Å². The predicted molar refractivity (Wildman–Crippen MR) is 114 cm³/mol. The lowest BCUT2D eigenvalue weighted by Crippen LogP contribution is -2.47. The number of carbonyl (C=O) groups is 1. The molecule has 0 spiro atoms. The van der Waals surface area contributed by atoms with Crippen LogP contribution in [0, 0.1) is 30.9 Å². The number of nitro groups is 1. The van der Waals surface area contributed by atoms with E-state index in [-0.39, 0.29) is 17.8 Å². The van der Waals surface area contributed by atoms with Crippen LogP contribution in [0.3, 0.4) is 0 Å². The Labute approximate surface area is 170 Å². The number of aryl methyl sites for hydroxylation is 3. The van der Waals surface area contributed by atoms with E-state index in [1.54, 1.807) is 26.0 Å². The molecule has 0 bridgehead atoms. The first-order valence-electron chi connectivity index (χ1n) is 9.07. The average Bonchev–Trinajstić information content (AvgIpc) is 2.58. The number of sulfonamides is 1. The number of nitro benzene ring substituents is 1. The lowest BCUT2D eigenvalue weighted by molar-refractivity contribution is -0.384. The van der Waals surface area contributed by atoms with Gasteiger partial charge in [-0.15, -0.1) is 0 Å². The second-order valence-corrected chi connectivity index (χ2v) is 8.94. The van der Waals surface area contributed by atoms with E-state index in [1.807, 2.05) is 19.9 Å². The Morgan fingerprint density at radius 3 is 2.21 bits per heavy atom. The number of rotatable bonds is 7. The van der Waals surface area contributed by atoms with Gasteiger partial charge in [0.2, 0.25) is 15.9 Å². The van der Waals surface area contributed by atoms with Crippen LogP contribution in [0.25, 0.3) is 0 Å². The first-order valence-corrected chi connectivity index (χ1v) is 10.9. The first-order chi connectivity index (χ1) is 13.4. The highest BCUT2D eigenvalue weighted by atomic mass is 32.2. The number of benzene rings is 2. The molecule has 9 heteroatoms. The summed E-state index contributed by atoms with van der Waals surface area (Å²) in [5.41, 5.74) is 2.87. The van der Waals surface area contributed by atoms with Crippen LogP contribution in [-0.2, 0) is 14.8 Å². The molecule has 29 heavy (non-hydrogen) atoms. The highest BCUT2D eigenvalue weighted by Crippen LogP contribution is 2.30. The zero-order valence-corrected chi connectivity index (χ0v) is 17.9. The zero-order valence-electron chi connectivity index (χ0n) is 17.1. The lowest BCUT2D eigenvalue weighted by atomic mass is 10.1. The molecule has 8 nitrogen and oxygen atoms in total. The highest BCUT2D eigenvalue weighted by Gasteiger charge is 2.33. The van der Waals surface area contributed by atoms with Gasteiger partial charge in [-0.25, -0.2) is 8.42 Å². The van der Waals surface area contributed by atoms with E-state index in [4.69, 9.17) is 0 Å². The van der Waals surface area contributed by atoms with E-state index in [9.17, 15) is 23.3 Å². The molecule has 0 unspecified atom stereocenters. The smallest absolute Gasteiger partial charge is 0.271 e. The Morgan fingerprint density at radius 2 is 1.72 bits per heavy atom. The summed E-state index contributed by atoms with van der Waals surface area (Å²) in [6.07, 6.45) is 1.17. The number of hydrogen-bond acceptors (Lipinski definition) is 5. The summed E-state index contributed by atoms with van der Waals surface area (Å²) in [5, 5.41) is 13.9. The highest BCUT2D eigenvalue weighted by molar-refractivity contribution is 7.92. The molecule has 156 valence electrons. The van der Waals surface area contributed by atoms with Crippen molar-refractivity contribution in [3.63, 3.8) is 0 Å². The van der Waals surface area contributed by atoms with Crippen LogP contribution in [-0.4, -0.2) is 31.5 Å². The maximum atomic E-state index is 13.0. The van der Waals surface area contributed by atoms with Gasteiger partial charge in [-0.05, 0) is 56.0 Å². The molecule has 2 rings (SSSR count). The molecule has 0 radical (unpaired) electrons. The van der Waals surface area contributed by atoms with Crippen molar-refractivity contribution in [1.29, 1.82) is 0 Å².